The van der Waals surface area contributed by atoms with Crippen molar-refractivity contribution in [3.05, 3.63) is 65.7 Å². The Morgan fingerprint density at radius 3 is 2.30 bits per heavy atom. The number of benzene rings is 2. The number of nitrogens with zero attached hydrogens (tertiary/aromatic N) is 3. The normalized spacial score (nSPS) is 23.1. The van der Waals surface area contributed by atoms with Gasteiger partial charge in [0.25, 0.3) is 5.91 Å². The van der Waals surface area contributed by atoms with Crippen LogP contribution in [-0.4, -0.2) is 49.5 Å². The largest absolute Gasteiger partial charge is 0.303 e. The van der Waals surface area contributed by atoms with Crippen molar-refractivity contribution in [2.75, 3.05) is 38.7 Å². The number of hydrazine groups is 1. The fourth-order valence-corrected chi connectivity index (χ4v) is 4.72. The van der Waals surface area contributed by atoms with Crippen LogP contribution in [0.15, 0.2) is 54.6 Å². The molecule has 27 heavy (non-hydrogen) atoms. The van der Waals surface area contributed by atoms with Crippen molar-refractivity contribution in [2.24, 2.45) is 0 Å². The van der Waals surface area contributed by atoms with Gasteiger partial charge >= 0.3 is 0 Å². The van der Waals surface area contributed by atoms with Crippen LogP contribution in [0.5, 0.6) is 0 Å². The highest BCUT2D eigenvalue weighted by Crippen LogP contribution is 2.48. The van der Waals surface area contributed by atoms with Gasteiger partial charge in [-0.1, -0.05) is 55.0 Å². The predicted octanol–water partition coefficient (Wildman–Crippen LogP) is 3.67. The van der Waals surface area contributed by atoms with Crippen molar-refractivity contribution in [3.63, 3.8) is 0 Å². The lowest BCUT2D eigenvalue weighted by molar-refractivity contribution is -0.124. The van der Waals surface area contributed by atoms with E-state index in [4.69, 9.17) is 0 Å². The molecule has 0 spiro atoms. The lowest BCUT2D eigenvalue weighted by atomic mass is 9.72. The summed E-state index contributed by atoms with van der Waals surface area (Å²) in [6, 6.07) is 18.6. The molecule has 2 aromatic rings. The number of carbonyl (C=O) groups is 1. The van der Waals surface area contributed by atoms with Crippen molar-refractivity contribution >= 4 is 11.6 Å². The third kappa shape index (κ3) is 3.07. The van der Waals surface area contributed by atoms with Crippen molar-refractivity contribution in [1.82, 2.24) is 9.91 Å². The summed E-state index contributed by atoms with van der Waals surface area (Å²) in [5, 5.41) is 3.76. The molecule has 0 radical (unpaired) electrons. The summed E-state index contributed by atoms with van der Waals surface area (Å²) in [7, 11) is 3.89. The number of likely N-dealkylation sites (tertiary alicyclic amines) is 1. The summed E-state index contributed by atoms with van der Waals surface area (Å²) in [4.78, 5) is 16.4. The molecule has 0 N–H and O–H groups in total. The topological polar surface area (TPSA) is 26.8 Å². The first kappa shape index (κ1) is 18.2. The number of fused-ring (bicyclic) bond motifs is 1. The smallest absolute Gasteiger partial charge is 0.256 e. The maximum absolute atomic E-state index is 13.9. The van der Waals surface area contributed by atoms with Gasteiger partial charge in [0.15, 0.2) is 0 Å². The molecule has 2 aromatic carbocycles. The van der Waals surface area contributed by atoms with Gasteiger partial charge in [0.2, 0.25) is 0 Å². The lowest BCUT2D eigenvalue weighted by Gasteiger charge is -2.34. The molecule has 1 saturated heterocycles. The van der Waals surface area contributed by atoms with Gasteiger partial charge in [-0.2, -0.15) is 0 Å². The Balaban J connectivity index is 1.79. The average Bonchev–Trinajstić information content (AvgIpc) is 2.97. The molecule has 0 aliphatic carbocycles. The Kier molecular flexibility index (Phi) is 5.02. The van der Waals surface area contributed by atoms with Crippen LogP contribution < -0.4 is 5.01 Å². The minimum absolute atomic E-state index is 0.164. The lowest BCUT2D eigenvalue weighted by Crippen LogP contribution is -2.48. The Hall–Kier alpha value is -2.17. The number of rotatable bonds is 5. The second-order valence-corrected chi connectivity index (χ2v) is 7.90. The highest BCUT2D eigenvalue weighted by molar-refractivity contribution is 6.09. The molecule has 0 aromatic heterocycles. The Labute approximate surface area is 162 Å². The monoisotopic (exact) mass is 363 g/mol. The summed E-state index contributed by atoms with van der Waals surface area (Å²) in [6.07, 6.45) is 4.69. The molecule has 2 aliphatic rings. The highest BCUT2D eigenvalue weighted by atomic mass is 16.2. The first-order chi connectivity index (χ1) is 13.1. The van der Waals surface area contributed by atoms with E-state index in [2.05, 4.69) is 35.2 Å². The van der Waals surface area contributed by atoms with Crippen molar-refractivity contribution < 1.29 is 4.79 Å². The van der Waals surface area contributed by atoms with E-state index in [0.717, 1.165) is 42.9 Å². The third-order valence-corrected chi connectivity index (χ3v) is 6.07. The van der Waals surface area contributed by atoms with Crippen LogP contribution in [-0.2, 0) is 10.2 Å². The predicted molar refractivity (Wildman–Crippen MR) is 110 cm³/mol. The van der Waals surface area contributed by atoms with E-state index < -0.39 is 5.41 Å². The van der Waals surface area contributed by atoms with Crippen molar-refractivity contribution in [3.8, 4) is 0 Å². The van der Waals surface area contributed by atoms with E-state index in [1.54, 1.807) is 0 Å². The van der Waals surface area contributed by atoms with E-state index in [0.29, 0.717) is 0 Å². The van der Waals surface area contributed by atoms with Crippen molar-refractivity contribution in [2.45, 2.75) is 31.1 Å². The molecule has 142 valence electrons. The Morgan fingerprint density at radius 2 is 1.59 bits per heavy atom. The zero-order valence-corrected chi connectivity index (χ0v) is 16.4. The molecule has 1 unspecified atom stereocenters. The second-order valence-electron chi connectivity index (χ2n) is 7.90. The number of para-hydroxylation sites is 1. The standard InChI is InChI=1S/C23H29N3O/c1-24(2)26-21-14-8-7-13-20(21)23(22(26)27,19-11-5-3-6-12-19)15-18-25-16-9-4-10-17-25/h3,5-8,11-14H,4,9-10,15-18H2,1-2H3. The molecule has 1 amide bonds. The summed E-state index contributed by atoms with van der Waals surface area (Å²) in [5.74, 6) is 0.164. The fourth-order valence-electron chi connectivity index (χ4n) is 4.72. The summed E-state index contributed by atoms with van der Waals surface area (Å²) < 4.78 is 0. The minimum atomic E-state index is -0.612. The Morgan fingerprint density at radius 1 is 0.926 bits per heavy atom. The van der Waals surface area contributed by atoms with Crippen LogP contribution in [0, 0.1) is 0 Å². The van der Waals surface area contributed by atoms with Crippen molar-refractivity contribution in [1.29, 1.82) is 0 Å². The van der Waals surface area contributed by atoms with Gasteiger partial charge in [0.05, 0.1) is 5.69 Å². The summed E-state index contributed by atoms with van der Waals surface area (Å²) in [5.41, 5.74) is 2.63. The number of anilines is 1. The molecular weight excluding hydrogens is 334 g/mol. The molecule has 2 aliphatic heterocycles. The van der Waals surface area contributed by atoms with Gasteiger partial charge < -0.3 is 4.90 Å². The first-order valence-electron chi connectivity index (χ1n) is 10.0. The third-order valence-electron chi connectivity index (χ3n) is 6.07. The van der Waals surface area contributed by atoms with Gasteiger partial charge in [-0.15, -0.1) is 0 Å². The summed E-state index contributed by atoms with van der Waals surface area (Å²) >= 11 is 0. The highest BCUT2D eigenvalue weighted by Gasteiger charge is 2.52. The molecule has 0 bridgehead atoms. The molecule has 2 heterocycles. The molecule has 1 atom stereocenters. The number of hydrogen-bond acceptors (Lipinski definition) is 3. The number of amides is 1. The van der Waals surface area contributed by atoms with E-state index in [-0.39, 0.29) is 5.91 Å². The number of carbonyl (C=O) groups excluding carboxylic acids is 1. The molecule has 4 rings (SSSR count). The second kappa shape index (κ2) is 7.45. The zero-order chi connectivity index (χ0) is 18.9. The maximum Gasteiger partial charge on any atom is 0.256 e. The fraction of sp³-hybridized carbons (Fsp3) is 0.435. The van der Waals surface area contributed by atoms with Gasteiger partial charge in [-0.3, -0.25) is 4.79 Å². The molecule has 1 fully saturated rings. The van der Waals surface area contributed by atoms with Crippen LogP contribution in [0.4, 0.5) is 5.69 Å². The molecular formula is C23H29N3O. The summed E-state index contributed by atoms with van der Waals surface area (Å²) in [6.45, 7) is 3.26. The van der Waals surface area contributed by atoms with Crippen LogP contribution >= 0.6 is 0 Å². The van der Waals surface area contributed by atoms with E-state index in [9.17, 15) is 4.79 Å². The van der Waals surface area contributed by atoms with Gasteiger partial charge in [0, 0.05) is 14.1 Å². The van der Waals surface area contributed by atoms with E-state index in [1.165, 1.54) is 19.3 Å². The van der Waals surface area contributed by atoms with E-state index >= 15 is 0 Å². The average molecular weight is 364 g/mol. The quantitative estimate of drug-likeness (QED) is 0.811. The van der Waals surface area contributed by atoms with Crippen LogP contribution in [0.25, 0.3) is 0 Å². The van der Waals surface area contributed by atoms with Crippen LogP contribution in [0.2, 0.25) is 0 Å². The molecule has 0 saturated carbocycles. The molecule has 4 heteroatoms. The SMILES string of the molecule is CN(C)N1C(=O)C(CCN2CCCCC2)(c2ccccc2)c2ccccc21. The number of hydrogen-bond donors (Lipinski definition) is 0. The first-order valence-corrected chi connectivity index (χ1v) is 10.0. The Bertz CT molecular complexity index is 798. The van der Waals surface area contributed by atoms with E-state index in [1.807, 2.05) is 48.4 Å². The zero-order valence-electron chi connectivity index (χ0n) is 16.4. The van der Waals surface area contributed by atoms with Crippen LogP contribution in [0.1, 0.15) is 36.8 Å². The minimum Gasteiger partial charge on any atom is -0.303 e. The van der Waals surface area contributed by atoms with Crippen LogP contribution in [0.3, 0.4) is 0 Å². The van der Waals surface area contributed by atoms with Gasteiger partial charge in [-0.05, 0) is 56.1 Å². The van der Waals surface area contributed by atoms with Gasteiger partial charge in [0.1, 0.15) is 5.41 Å². The molecule has 4 nitrogen and oxygen atoms in total. The van der Waals surface area contributed by atoms with Gasteiger partial charge in [-0.25, -0.2) is 10.0 Å². The maximum atomic E-state index is 13.9. The number of piperidine rings is 1.